The van der Waals surface area contributed by atoms with Crippen molar-refractivity contribution in [3.05, 3.63) is 85.1 Å². The predicted octanol–water partition coefficient (Wildman–Crippen LogP) is 16.7. The van der Waals surface area contributed by atoms with E-state index >= 15 is 0 Å². The van der Waals surface area contributed by atoms with Crippen molar-refractivity contribution in [1.29, 1.82) is 0 Å². The van der Waals surface area contributed by atoms with Gasteiger partial charge in [-0.2, -0.15) is 0 Å². The van der Waals surface area contributed by atoms with Crippen LogP contribution in [0.1, 0.15) is 252 Å². The highest BCUT2D eigenvalue weighted by atomic mass is 16.5. The minimum Gasteiger partial charge on any atom is -0.461 e. The number of hydrogen-bond acceptors (Lipinski definition) is 5. The summed E-state index contributed by atoms with van der Waals surface area (Å²) in [5.41, 5.74) is 0. The van der Waals surface area contributed by atoms with E-state index in [9.17, 15) is 19.8 Å². The molecule has 0 radical (unpaired) electrons. The van der Waals surface area contributed by atoms with Gasteiger partial charge in [0.1, 0.15) is 6.10 Å². The molecule has 0 bridgehead atoms. The van der Waals surface area contributed by atoms with Crippen molar-refractivity contribution in [2.24, 2.45) is 0 Å². The molecular formula is C59H103NO5. The van der Waals surface area contributed by atoms with Gasteiger partial charge in [0.25, 0.3) is 0 Å². The summed E-state index contributed by atoms with van der Waals surface area (Å²) in [4.78, 5) is 26.1. The van der Waals surface area contributed by atoms with E-state index in [1.807, 2.05) is 54.7 Å². The number of nitrogens with one attached hydrogen (secondary N) is 1. The molecule has 3 unspecified atom stereocenters. The second-order valence-electron chi connectivity index (χ2n) is 18.4. The smallest absolute Gasteiger partial charge is 0.306 e. The number of unbranched alkanes of at least 4 members (excludes halogenated alkanes) is 27. The molecule has 65 heavy (non-hydrogen) atoms. The van der Waals surface area contributed by atoms with Crippen molar-refractivity contribution in [3.8, 4) is 0 Å². The maximum Gasteiger partial charge on any atom is 0.306 e. The van der Waals surface area contributed by atoms with Gasteiger partial charge in [-0.15, -0.1) is 0 Å². The second kappa shape index (κ2) is 52.0. The standard InChI is InChI=1S/C59H103NO5/c1-4-7-10-13-16-19-22-24-26-28-29-30-32-34-37-40-43-46-49-52-59(64)65-55(50-47-44-41-38-35-21-18-15-12-9-6-3)53-58(63)60-56(54-61)57(62)51-48-45-42-39-36-33-31-27-25-23-20-17-14-11-8-5-2/h9,12,15-16,18-19,21,24,26,35,38,41,44,47,55-57,61-62H,4-8,10-11,13-14,17,20,22-23,25,27-34,36-37,39-40,42-43,45-46,48-54H2,1-3H3,(H,60,63)/b12-9+,18-15+,19-16-,26-24-,35-21-,41-38-,47-44+. The summed E-state index contributed by atoms with van der Waals surface area (Å²) in [6.07, 6.45) is 68.2. The lowest BCUT2D eigenvalue weighted by molar-refractivity contribution is -0.150. The molecule has 0 saturated heterocycles. The number of ether oxygens (including phenoxy) is 1. The first-order valence-electron chi connectivity index (χ1n) is 27.4. The van der Waals surface area contributed by atoms with Crippen LogP contribution in [0.5, 0.6) is 0 Å². The fraction of sp³-hybridized carbons (Fsp3) is 0.729. The van der Waals surface area contributed by atoms with E-state index in [-0.39, 0.29) is 24.9 Å². The molecule has 0 aliphatic rings. The molecule has 374 valence electrons. The number of hydrogen-bond donors (Lipinski definition) is 3. The number of aliphatic hydroxyl groups excluding tert-OH is 2. The lowest BCUT2D eigenvalue weighted by Crippen LogP contribution is -2.46. The van der Waals surface area contributed by atoms with Crippen LogP contribution in [0.2, 0.25) is 0 Å². The first-order chi connectivity index (χ1) is 32.0. The summed E-state index contributed by atoms with van der Waals surface area (Å²) in [7, 11) is 0. The Morgan fingerprint density at radius 1 is 0.492 bits per heavy atom. The van der Waals surface area contributed by atoms with Crippen LogP contribution in [0.4, 0.5) is 0 Å². The van der Waals surface area contributed by atoms with E-state index in [0.717, 1.165) is 51.4 Å². The molecule has 3 atom stereocenters. The van der Waals surface area contributed by atoms with Crippen molar-refractivity contribution < 1.29 is 24.5 Å². The Morgan fingerprint density at radius 2 is 0.908 bits per heavy atom. The van der Waals surface area contributed by atoms with Crippen molar-refractivity contribution >= 4 is 11.9 Å². The number of carbonyl (C=O) groups excluding carboxylic acids is 2. The monoisotopic (exact) mass is 906 g/mol. The maximum absolute atomic E-state index is 13.2. The number of carbonyl (C=O) groups is 2. The Kier molecular flexibility index (Phi) is 49.6. The van der Waals surface area contributed by atoms with Gasteiger partial charge in [-0.1, -0.05) is 266 Å². The van der Waals surface area contributed by atoms with Crippen LogP contribution in [-0.4, -0.2) is 46.9 Å². The predicted molar refractivity (Wildman–Crippen MR) is 282 cm³/mol. The fourth-order valence-electron chi connectivity index (χ4n) is 7.95. The molecule has 0 aromatic carbocycles. The lowest BCUT2D eigenvalue weighted by Gasteiger charge is -2.24. The molecule has 0 rings (SSSR count). The van der Waals surface area contributed by atoms with Crippen LogP contribution in [0.25, 0.3) is 0 Å². The lowest BCUT2D eigenvalue weighted by atomic mass is 10.0. The molecule has 0 spiro atoms. The molecule has 0 aromatic rings. The minimum absolute atomic E-state index is 0.0230. The average molecular weight is 906 g/mol. The summed E-state index contributed by atoms with van der Waals surface area (Å²) in [6, 6.07) is -0.744. The third-order valence-electron chi connectivity index (χ3n) is 12.1. The van der Waals surface area contributed by atoms with E-state index < -0.39 is 18.2 Å². The maximum atomic E-state index is 13.2. The van der Waals surface area contributed by atoms with Gasteiger partial charge in [0, 0.05) is 12.8 Å². The van der Waals surface area contributed by atoms with Crippen molar-refractivity contribution in [3.63, 3.8) is 0 Å². The van der Waals surface area contributed by atoms with Gasteiger partial charge < -0.3 is 20.3 Å². The SMILES string of the molecule is CC/C=C/C=C/C=C\C=C/C=C/CC(CC(=O)NC(CO)C(O)CCCCCCCCCCCCCCCCCC)OC(=O)CCCCCCCCCCC/C=C\C/C=C\CCCCC. The summed E-state index contributed by atoms with van der Waals surface area (Å²) < 4.78 is 5.85. The summed E-state index contributed by atoms with van der Waals surface area (Å²) >= 11 is 0. The van der Waals surface area contributed by atoms with Gasteiger partial charge in [0.15, 0.2) is 0 Å². The van der Waals surface area contributed by atoms with Gasteiger partial charge in [-0.25, -0.2) is 0 Å². The Labute approximate surface area is 402 Å². The second-order valence-corrected chi connectivity index (χ2v) is 18.4. The number of amides is 1. The van der Waals surface area contributed by atoms with Crippen molar-refractivity contribution in [2.75, 3.05) is 6.61 Å². The Bertz CT molecular complexity index is 1250. The van der Waals surface area contributed by atoms with E-state index in [1.54, 1.807) is 0 Å². The topological polar surface area (TPSA) is 95.9 Å². The Balaban J connectivity index is 4.56. The van der Waals surface area contributed by atoms with Gasteiger partial charge >= 0.3 is 5.97 Å². The molecule has 0 heterocycles. The van der Waals surface area contributed by atoms with E-state index in [4.69, 9.17) is 4.74 Å². The third kappa shape index (κ3) is 47.3. The molecule has 3 N–H and O–H groups in total. The number of allylic oxidation sites excluding steroid dienone is 13. The van der Waals surface area contributed by atoms with Crippen molar-refractivity contribution in [1.82, 2.24) is 5.32 Å². The Morgan fingerprint density at radius 3 is 1.40 bits per heavy atom. The zero-order valence-corrected chi connectivity index (χ0v) is 42.6. The molecule has 6 heteroatoms. The van der Waals surface area contributed by atoms with Crippen LogP contribution in [0, 0.1) is 0 Å². The van der Waals surface area contributed by atoms with Crippen LogP contribution < -0.4 is 5.32 Å². The van der Waals surface area contributed by atoms with Crippen LogP contribution in [0.3, 0.4) is 0 Å². The minimum atomic E-state index is -0.822. The highest BCUT2D eigenvalue weighted by molar-refractivity contribution is 5.77. The normalized spacial score (nSPS) is 13.9. The fourth-order valence-corrected chi connectivity index (χ4v) is 7.95. The number of esters is 1. The van der Waals surface area contributed by atoms with Gasteiger partial charge in [0.2, 0.25) is 5.91 Å². The van der Waals surface area contributed by atoms with E-state index in [0.29, 0.717) is 19.3 Å². The first-order valence-corrected chi connectivity index (χ1v) is 27.4. The van der Waals surface area contributed by atoms with Crippen LogP contribution >= 0.6 is 0 Å². The molecule has 0 fully saturated rings. The van der Waals surface area contributed by atoms with E-state index in [2.05, 4.69) is 56.5 Å². The Hall–Kier alpha value is -2.96. The number of aliphatic hydroxyl groups is 2. The molecule has 0 aromatic heterocycles. The largest absolute Gasteiger partial charge is 0.461 e. The quantitative estimate of drug-likeness (QED) is 0.0245. The summed E-state index contributed by atoms with van der Waals surface area (Å²) in [5, 5.41) is 23.8. The molecule has 6 nitrogen and oxygen atoms in total. The first kappa shape index (κ1) is 62.0. The number of rotatable bonds is 48. The molecule has 0 saturated carbocycles. The van der Waals surface area contributed by atoms with Crippen LogP contribution in [-0.2, 0) is 14.3 Å². The zero-order valence-electron chi connectivity index (χ0n) is 42.6. The molecule has 0 aliphatic heterocycles. The van der Waals surface area contributed by atoms with Gasteiger partial charge in [-0.3, -0.25) is 9.59 Å². The van der Waals surface area contributed by atoms with Gasteiger partial charge in [-0.05, 0) is 51.4 Å². The average Bonchev–Trinajstić information content (AvgIpc) is 3.30. The molecule has 1 amide bonds. The molecule has 0 aliphatic carbocycles. The van der Waals surface area contributed by atoms with Gasteiger partial charge in [0.05, 0.1) is 25.2 Å². The highest BCUT2D eigenvalue weighted by Gasteiger charge is 2.23. The third-order valence-corrected chi connectivity index (χ3v) is 12.1. The van der Waals surface area contributed by atoms with Crippen molar-refractivity contribution in [2.45, 2.75) is 270 Å². The van der Waals surface area contributed by atoms with Crippen LogP contribution in [0.15, 0.2) is 85.1 Å². The zero-order chi connectivity index (χ0) is 47.4. The highest BCUT2D eigenvalue weighted by Crippen LogP contribution is 2.17. The summed E-state index contributed by atoms with van der Waals surface area (Å²) in [5.74, 6) is -0.612. The molecular weight excluding hydrogens is 803 g/mol. The van der Waals surface area contributed by atoms with E-state index in [1.165, 1.54) is 154 Å². The summed E-state index contributed by atoms with van der Waals surface area (Å²) in [6.45, 7) is 6.29.